The van der Waals surface area contributed by atoms with Crippen LogP contribution in [0.3, 0.4) is 0 Å². The number of amides is 1. The molecule has 5 heteroatoms. The third-order valence-corrected chi connectivity index (χ3v) is 2.94. The normalized spacial score (nSPS) is 10.8. The summed E-state index contributed by atoms with van der Waals surface area (Å²) in [5.41, 5.74) is 5.24. The maximum absolute atomic E-state index is 13.5. The number of rotatable bonds is 6. The molecule has 0 aromatic heterocycles. The lowest BCUT2D eigenvalue weighted by molar-refractivity contribution is -0.132. The Bertz CT molecular complexity index is 415. The van der Waals surface area contributed by atoms with Crippen LogP contribution in [0.5, 0.6) is 0 Å². The molecule has 0 atom stereocenters. The summed E-state index contributed by atoms with van der Waals surface area (Å²) in [6, 6.07) is 3.58. The third-order valence-electron chi connectivity index (χ3n) is 2.94. The van der Waals surface area contributed by atoms with Crippen LogP contribution in [0.4, 0.5) is 8.78 Å². The first-order chi connectivity index (χ1) is 8.97. The van der Waals surface area contributed by atoms with Crippen LogP contribution >= 0.6 is 0 Å². The highest BCUT2D eigenvalue weighted by molar-refractivity contribution is 5.79. The van der Waals surface area contributed by atoms with Crippen molar-refractivity contribution in [3.8, 4) is 0 Å². The van der Waals surface area contributed by atoms with Gasteiger partial charge in [0.25, 0.3) is 0 Å². The monoisotopic (exact) mass is 270 g/mol. The van der Waals surface area contributed by atoms with Gasteiger partial charge in [0, 0.05) is 18.2 Å². The molecule has 1 rings (SSSR count). The zero-order chi connectivity index (χ0) is 14.4. The maximum atomic E-state index is 13.5. The van der Waals surface area contributed by atoms with Gasteiger partial charge in [-0.3, -0.25) is 4.79 Å². The fourth-order valence-electron chi connectivity index (χ4n) is 1.89. The summed E-state index contributed by atoms with van der Waals surface area (Å²) < 4.78 is 27.0. The predicted molar refractivity (Wildman–Crippen MR) is 70.6 cm³/mol. The van der Waals surface area contributed by atoms with E-state index in [4.69, 9.17) is 5.73 Å². The van der Waals surface area contributed by atoms with E-state index in [1.54, 1.807) is 4.90 Å². The summed E-state index contributed by atoms with van der Waals surface area (Å²) in [6.45, 7) is 4.71. The predicted octanol–water partition coefficient (Wildman–Crippen LogP) is 2.09. The molecule has 0 aliphatic carbocycles. The van der Waals surface area contributed by atoms with Crippen LogP contribution in [0.15, 0.2) is 18.2 Å². The summed E-state index contributed by atoms with van der Waals surface area (Å²) in [5, 5.41) is 0. The highest BCUT2D eigenvalue weighted by atomic mass is 19.1. The van der Waals surface area contributed by atoms with Gasteiger partial charge < -0.3 is 10.6 Å². The van der Waals surface area contributed by atoms with E-state index in [0.717, 1.165) is 12.1 Å². The zero-order valence-electron chi connectivity index (χ0n) is 11.3. The van der Waals surface area contributed by atoms with Crippen molar-refractivity contribution < 1.29 is 13.6 Å². The SMILES string of the molecule is CC(C)N(CCCN)C(=O)Cc1c(F)cccc1F. The highest BCUT2D eigenvalue weighted by Gasteiger charge is 2.20. The van der Waals surface area contributed by atoms with Gasteiger partial charge in [0.05, 0.1) is 6.42 Å². The van der Waals surface area contributed by atoms with Gasteiger partial charge >= 0.3 is 0 Å². The molecule has 1 aromatic carbocycles. The summed E-state index contributed by atoms with van der Waals surface area (Å²) in [7, 11) is 0. The number of nitrogens with two attached hydrogens (primary N) is 1. The van der Waals surface area contributed by atoms with Gasteiger partial charge in [-0.25, -0.2) is 8.78 Å². The minimum absolute atomic E-state index is 0.0196. The van der Waals surface area contributed by atoms with Crippen molar-refractivity contribution in [1.29, 1.82) is 0 Å². The molecule has 2 N–H and O–H groups in total. The lowest BCUT2D eigenvalue weighted by Gasteiger charge is -2.27. The Morgan fingerprint density at radius 2 is 1.89 bits per heavy atom. The summed E-state index contributed by atoms with van der Waals surface area (Å²) >= 11 is 0. The summed E-state index contributed by atoms with van der Waals surface area (Å²) in [5.74, 6) is -1.65. The molecule has 0 saturated carbocycles. The van der Waals surface area contributed by atoms with Crippen molar-refractivity contribution in [2.24, 2.45) is 5.73 Å². The second kappa shape index (κ2) is 7.19. The highest BCUT2D eigenvalue weighted by Crippen LogP contribution is 2.14. The number of carbonyl (C=O) groups excluding carboxylic acids is 1. The van der Waals surface area contributed by atoms with E-state index in [9.17, 15) is 13.6 Å². The molecule has 106 valence electrons. The number of benzene rings is 1. The van der Waals surface area contributed by atoms with E-state index < -0.39 is 11.6 Å². The Kier molecular flexibility index (Phi) is 5.89. The molecule has 0 fully saturated rings. The second-order valence-corrected chi connectivity index (χ2v) is 4.70. The van der Waals surface area contributed by atoms with Gasteiger partial charge in [-0.1, -0.05) is 6.07 Å². The van der Waals surface area contributed by atoms with Crippen molar-refractivity contribution in [3.63, 3.8) is 0 Å². The average Bonchev–Trinajstić information content (AvgIpc) is 2.34. The largest absolute Gasteiger partial charge is 0.340 e. The lowest BCUT2D eigenvalue weighted by atomic mass is 10.1. The molecular weight excluding hydrogens is 250 g/mol. The van der Waals surface area contributed by atoms with Crippen molar-refractivity contribution in [2.45, 2.75) is 32.7 Å². The molecule has 0 radical (unpaired) electrons. The first-order valence-electron chi connectivity index (χ1n) is 6.39. The van der Waals surface area contributed by atoms with Crippen LogP contribution in [-0.4, -0.2) is 29.9 Å². The number of hydrogen-bond donors (Lipinski definition) is 1. The standard InChI is InChI=1S/C14H20F2N2O/c1-10(2)18(8-4-7-17)14(19)9-11-12(15)5-3-6-13(11)16/h3,5-6,10H,4,7-9,17H2,1-2H3. The van der Waals surface area contributed by atoms with Gasteiger partial charge in [-0.05, 0) is 38.9 Å². The van der Waals surface area contributed by atoms with Gasteiger partial charge in [0.2, 0.25) is 5.91 Å². The molecule has 0 bridgehead atoms. The number of halogens is 2. The maximum Gasteiger partial charge on any atom is 0.227 e. The number of carbonyl (C=O) groups is 1. The Labute approximate surface area is 112 Å². The van der Waals surface area contributed by atoms with Crippen molar-refractivity contribution in [1.82, 2.24) is 4.90 Å². The third kappa shape index (κ3) is 4.28. The van der Waals surface area contributed by atoms with Crippen molar-refractivity contribution in [2.75, 3.05) is 13.1 Å². The molecule has 19 heavy (non-hydrogen) atoms. The fourth-order valence-corrected chi connectivity index (χ4v) is 1.89. The molecule has 3 nitrogen and oxygen atoms in total. The fraction of sp³-hybridized carbons (Fsp3) is 0.500. The topological polar surface area (TPSA) is 46.3 Å². The Morgan fingerprint density at radius 3 is 2.37 bits per heavy atom. The first kappa shape index (κ1) is 15.6. The lowest BCUT2D eigenvalue weighted by Crippen LogP contribution is -2.39. The van der Waals surface area contributed by atoms with E-state index in [-0.39, 0.29) is 23.9 Å². The minimum atomic E-state index is -0.684. The van der Waals surface area contributed by atoms with E-state index in [1.807, 2.05) is 13.8 Å². The molecule has 0 saturated heterocycles. The number of hydrogen-bond acceptors (Lipinski definition) is 2. The van der Waals surface area contributed by atoms with Gasteiger partial charge in [-0.2, -0.15) is 0 Å². The average molecular weight is 270 g/mol. The van der Waals surface area contributed by atoms with Crippen LogP contribution in [0.25, 0.3) is 0 Å². The molecule has 0 aliphatic heterocycles. The minimum Gasteiger partial charge on any atom is -0.340 e. The van der Waals surface area contributed by atoms with Crippen LogP contribution in [-0.2, 0) is 11.2 Å². The molecule has 1 aromatic rings. The Hall–Kier alpha value is -1.49. The van der Waals surface area contributed by atoms with E-state index in [1.165, 1.54) is 6.07 Å². The van der Waals surface area contributed by atoms with Gasteiger partial charge in [0.15, 0.2) is 0 Å². The van der Waals surface area contributed by atoms with Crippen LogP contribution in [0, 0.1) is 11.6 Å². The smallest absolute Gasteiger partial charge is 0.227 e. The van der Waals surface area contributed by atoms with E-state index >= 15 is 0 Å². The van der Waals surface area contributed by atoms with Crippen molar-refractivity contribution >= 4 is 5.91 Å². The Balaban J connectivity index is 2.81. The second-order valence-electron chi connectivity index (χ2n) is 4.70. The first-order valence-corrected chi connectivity index (χ1v) is 6.39. The molecule has 0 heterocycles. The van der Waals surface area contributed by atoms with E-state index in [0.29, 0.717) is 19.5 Å². The van der Waals surface area contributed by atoms with Gasteiger partial charge in [0.1, 0.15) is 11.6 Å². The molecule has 0 aliphatic rings. The molecule has 0 spiro atoms. The van der Waals surface area contributed by atoms with Crippen LogP contribution in [0.1, 0.15) is 25.8 Å². The molecule has 0 unspecified atom stereocenters. The quantitative estimate of drug-likeness (QED) is 0.860. The zero-order valence-corrected chi connectivity index (χ0v) is 11.3. The Morgan fingerprint density at radius 1 is 1.32 bits per heavy atom. The van der Waals surface area contributed by atoms with Gasteiger partial charge in [-0.15, -0.1) is 0 Å². The van der Waals surface area contributed by atoms with E-state index in [2.05, 4.69) is 0 Å². The van der Waals surface area contributed by atoms with Crippen LogP contribution < -0.4 is 5.73 Å². The van der Waals surface area contributed by atoms with Crippen LogP contribution in [0.2, 0.25) is 0 Å². The molecule has 1 amide bonds. The molecular formula is C14H20F2N2O. The van der Waals surface area contributed by atoms with Crippen molar-refractivity contribution in [3.05, 3.63) is 35.4 Å². The summed E-state index contributed by atoms with van der Waals surface area (Å²) in [4.78, 5) is 13.7. The number of nitrogens with zero attached hydrogens (tertiary/aromatic N) is 1. The summed E-state index contributed by atoms with van der Waals surface area (Å²) in [6.07, 6.45) is 0.408.